The number of piperazine rings is 1. The lowest BCUT2D eigenvalue weighted by Gasteiger charge is -2.34. The maximum Gasteiger partial charge on any atom is 0.407 e. The number of esters is 1. The van der Waals surface area contributed by atoms with Crippen LogP contribution in [0.1, 0.15) is 19.4 Å². The largest absolute Gasteiger partial charge is 0.466 e. The number of amides is 3. The average molecular weight is 375 g/mol. The highest BCUT2D eigenvalue weighted by molar-refractivity contribution is 5.95. The lowest BCUT2D eigenvalue weighted by atomic mass is 10.0. The van der Waals surface area contributed by atoms with Crippen LogP contribution in [0, 0.1) is 5.92 Å². The molecular weight excluding hydrogens is 350 g/mol. The fraction of sp³-hybridized carbons (Fsp3) is 0.526. The molecular formula is C19H25N3O5. The van der Waals surface area contributed by atoms with E-state index in [-0.39, 0.29) is 24.0 Å². The second kappa shape index (κ2) is 7.85. The Labute approximate surface area is 158 Å². The number of carbonyl (C=O) groups is 3. The summed E-state index contributed by atoms with van der Waals surface area (Å²) < 4.78 is 5.03. The number of hydrogen-bond donors (Lipinski definition) is 1. The summed E-state index contributed by atoms with van der Waals surface area (Å²) in [4.78, 5) is 40.4. The van der Waals surface area contributed by atoms with Gasteiger partial charge in [0.2, 0.25) is 0 Å². The van der Waals surface area contributed by atoms with E-state index >= 15 is 0 Å². The van der Waals surface area contributed by atoms with Gasteiger partial charge in [-0.25, -0.2) is 9.59 Å². The maximum absolute atomic E-state index is 12.7. The van der Waals surface area contributed by atoms with Gasteiger partial charge in [-0.05, 0) is 31.0 Å². The monoisotopic (exact) mass is 375 g/mol. The number of urea groups is 1. The molecule has 0 aliphatic carbocycles. The Morgan fingerprint density at radius 2 is 1.93 bits per heavy atom. The Hall–Kier alpha value is -2.77. The van der Waals surface area contributed by atoms with Crippen LogP contribution < -0.4 is 4.90 Å². The minimum Gasteiger partial charge on any atom is -0.466 e. The Kier molecular flexibility index (Phi) is 5.53. The number of benzene rings is 1. The highest BCUT2D eigenvalue weighted by atomic mass is 16.5. The summed E-state index contributed by atoms with van der Waals surface area (Å²) in [5, 5.41) is 9.16. The molecule has 8 nitrogen and oxygen atoms in total. The summed E-state index contributed by atoms with van der Waals surface area (Å²) in [5.74, 6) is -0.434. The molecule has 3 amide bonds. The van der Waals surface area contributed by atoms with Crippen LogP contribution in [0.2, 0.25) is 0 Å². The summed E-state index contributed by atoms with van der Waals surface area (Å²) in [6.07, 6.45) is -0.365. The van der Waals surface area contributed by atoms with Crippen molar-refractivity contribution < 1.29 is 24.2 Å². The fourth-order valence-corrected chi connectivity index (χ4v) is 3.63. The average Bonchev–Trinajstić information content (AvgIpc) is 2.98. The number of carboxylic acid groups (broad SMARTS) is 1. The Balaban J connectivity index is 1.64. The molecule has 1 aromatic carbocycles. The molecule has 1 N–H and O–H groups in total. The van der Waals surface area contributed by atoms with Crippen molar-refractivity contribution in [2.45, 2.75) is 26.3 Å². The zero-order valence-corrected chi connectivity index (χ0v) is 15.6. The second-order valence-electron chi connectivity index (χ2n) is 6.99. The molecule has 0 bridgehead atoms. The summed E-state index contributed by atoms with van der Waals surface area (Å²) >= 11 is 0. The first kappa shape index (κ1) is 19.0. The zero-order chi connectivity index (χ0) is 19.6. The first-order valence-corrected chi connectivity index (χ1v) is 9.22. The molecule has 2 fully saturated rings. The lowest BCUT2D eigenvalue weighted by Crippen LogP contribution is -2.53. The molecule has 8 heteroatoms. The SMILES string of the molecule is CCOC(=O)C(C)Cc1ccc(N2C[C@@H]3CN(C(=O)O)CCN3C2=O)cc1. The van der Waals surface area contributed by atoms with Crippen LogP contribution in [0.4, 0.5) is 15.3 Å². The van der Waals surface area contributed by atoms with Crippen LogP contribution >= 0.6 is 0 Å². The summed E-state index contributed by atoms with van der Waals surface area (Å²) in [6, 6.07) is 7.37. The molecule has 146 valence electrons. The number of ether oxygens (including phenoxy) is 1. The van der Waals surface area contributed by atoms with Crippen molar-refractivity contribution in [2.75, 3.05) is 37.7 Å². The minimum atomic E-state index is -0.944. The van der Waals surface area contributed by atoms with E-state index in [0.29, 0.717) is 39.2 Å². The van der Waals surface area contributed by atoms with E-state index in [4.69, 9.17) is 9.84 Å². The second-order valence-corrected chi connectivity index (χ2v) is 6.99. The third kappa shape index (κ3) is 3.99. The first-order chi connectivity index (χ1) is 12.9. The minimum absolute atomic E-state index is 0.0855. The van der Waals surface area contributed by atoms with Crippen molar-refractivity contribution >= 4 is 23.8 Å². The molecule has 0 spiro atoms. The third-order valence-electron chi connectivity index (χ3n) is 5.10. The van der Waals surface area contributed by atoms with Crippen LogP contribution in [0.3, 0.4) is 0 Å². The van der Waals surface area contributed by atoms with Crippen LogP contribution in [0.15, 0.2) is 24.3 Å². The van der Waals surface area contributed by atoms with Crippen molar-refractivity contribution in [1.29, 1.82) is 0 Å². The number of nitrogens with zero attached hydrogens (tertiary/aromatic N) is 3. The van der Waals surface area contributed by atoms with Crippen molar-refractivity contribution in [1.82, 2.24) is 9.80 Å². The normalized spacial score (nSPS) is 20.4. The van der Waals surface area contributed by atoms with E-state index in [1.165, 1.54) is 4.90 Å². The predicted octanol–water partition coefficient (Wildman–Crippen LogP) is 2.03. The van der Waals surface area contributed by atoms with Crippen molar-refractivity contribution in [3.8, 4) is 0 Å². The standard InChI is InChI=1S/C19H25N3O5/c1-3-27-17(23)13(2)10-14-4-6-15(7-5-14)22-12-16-11-20(19(25)26)8-9-21(16)18(22)24/h4-7,13,16H,3,8-12H2,1-2H3,(H,25,26)/t13?,16-/m0/s1. The van der Waals surface area contributed by atoms with Gasteiger partial charge in [-0.15, -0.1) is 0 Å². The molecule has 0 aromatic heterocycles. The summed E-state index contributed by atoms with van der Waals surface area (Å²) in [5.41, 5.74) is 1.78. The number of anilines is 1. The Bertz CT molecular complexity index is 721. The molecule has 3 rings (SSSR count). The summed E-state index contributed by atoms with van der Waals surface area (Å²) in [7, 11) is 0. The number of rotatable bonds is 5. The van der Waals surface area contributed by atoms with Gasteiger partial charge in [0.05, 0.1) is 18.6 Å². The predicted molar refractivity (Wildman–Crippen MR) is 98.8 cm³/mol. The van der Waals surface area contributed by atoms with Crippen molar-refractivity contribution in [3.05, 3.63) is 29.8 Å². The Morgan fingerprint density at radius 3 is 2.56 bits per heavy atom. The molecule has 0 saturated carbocycles. The smallest absolute Gasteiger partial charge is 0.407 e. The number of carbonyl (C=O) groups excluding carboxylic acids is 2. The molecule has 2 saturated heterocycles. The first-order valence-electron chi connectivity index (χ1n) is 9.22. The van der Waals surface area contributed by atoms with Gasteiger partial charge in [0.15, 0.2) is 0 Å². The van der Waals surface area contributed by atoms with Gasteiger partial charge >= 0.3 is 18.1 Å². The molecule has 1 aromatic rings. The van der Waals surface area contributed by atoms with Crippen LogP contribution in [0.5, 0.6) is 0 Å². The van der Waals surface area contributed by atoms with E-state index in [1.54, 1.807) is 16.7 Å². The third-order valence-corrected chi connectivity index (χ3v) is 5.10. The quantitative estimate of drug-likeness (QED) is 0.796. The molecule has 2 aliphatic heterocycles. The van der Waals surface area contributed by atoms with Gasteiger partial charge in [0, 0.05) is 31.9 Å². The fourth-order valence-electron chi connectivity index (χ4n) is 3.63. The molecule has 2 atom stereocenters. The molecule has 0 radical (unpaired) electrons. The van der Waals surface area contributed by atoms with Crippen LogP contribution in [-0.2, 0) is 16.0 Å². The van der Waals surface area contributed by atoms with Crippen molar-refractivity contribution in [3.63, 3.8) is 0 Å². The maximum atomic E-state index is 12.7. The lowest BCUT2D eigenvalue weighted by molar-refractivity contribution is -0.147. The van der Waals surface area contributed by atoms with E-state index < -0.39 is 6.09 Å². The number of fused-ring (bicyclic) bond motifs is 1. The van der Waals surface area contributed by atoms with Crippen LogP contribution in [0.25, 0.3) is 0 Å². The van der Waals surface area contributed by atoms with Gasteiger partial charge in [-0.2, -0.15) is 0 Å². The van der Waals surface area contributed by atoms with E-state index in [1.807, 2.05) is 31.2 Å². The highest BCUT2D eigenvalue weighted by Crippen LogP contribution is 2.27. The molecule has 2 aliphatic rings. The summed E-state index contributed by atoms with van der Waals surface area (Å²) in [6.45, 7) is 5.57. The Morgan fingerprint density at radius 1 is 1.22 bits per heavy atom. The zero-order valence-electron chi connectivity index (χ0n) is 15.6. The number of hydrogen-bond acceptors (Lipinski definition) is 4. The topological polar surface area (TPSA) is 90.4 Å². The van der Waals surface area contributed by atoms with E-state index in [0.717, 1.165) is 11.3 Å². The molecule has 2 heterocycles. The van der Waals surface area contributed by atoms with E-state index in [2.05, 4.69) is 0 Å². The van der Waals surface area contributed by atoms with Crippen LogP contribution in [-0.4, -0.2) is 71.8 Å². The van der Waals surface area contributed by atoms with Gasteiger partial charge in [0.1, 0.15) is 0 Å². The highest BCUT2D eigenvalue weighted by Gasteiger charge is 2.42. The molecule has 1 unspecified atom stereocenters. The van der Waals surface area contributed by atoms with E-state index in [9.17, 15) is 14.4 Å². The van der Waals surface area contributed by atoms with Crippen molar-refractivity contribution in [2.24, 2.45) is 5.92 Å². The van der Waals surface area contributed by atoms with Gasteiger partial charge in [0.25, 0.3) is 0 Å². The van der Waals surface area contributed by atoms with Gasteiger partial charge < -0.3 is 19.6 Å². The molecule has 27 heavy (non-hydrogen) atoms. The van der Waals surface area contributed by atoms with Gasteiger partial charge in [-0.1, -0.05) is 19.1 Å². The van der Waals surface area contributed by atoms with Gasteiger partial charge in [-0.3, -0.25) is 9.69 Å².